The van der Waals surface area contributed by atoms with Crippen LogP contribution >= 0.6 is 0 Å². The molecular formula is C16H21NO3. The number of carbonyl (C=O) groups is 2. The summed E-state index contributed by atoms with van der Waals surface area (Å²) in [5.74, 6) is 0.0719. The molecule has 2 rings (SSSR count). The van der Waals surface area contributed by atoms with Crippen LogP contribution in [-0.2, 0) is 9.53 Å². The second-order valence-corrected chi connectivity index (χ2v) is 5.17. The van der Waals surface area contributed by atoms with E-state index >= 15 is 0 Å². The number of anilines is 1. The monoisotopic (exact) mass is 275 g/mol. The van der Waals surface area contributed by atoms with Crippen molar-refractivity contribution in [3.05, 3.63) is 29.8 Å². The Morgan fingerprint density at radius 3 is 2.65 bits per heavy atom. The van der Waals surface area contributed by atoms with E-state index in [0.717, 1.165) is 12.8 Å². The van der Waals surface area contributed by atoms with Crippen molar-refractivity contribution in [1.29, 1.82) is 0 Å². The molecule has 0 atom stereocenters. The second kappa shape index (κ2) is 7.08. The van der Waals surface area contributed by atoms with Gasteiger partial charge in [0, 0.05) is 6.42 Å². The Kier molecular flexibility index (Phi) is 5.16. The maximum absolute atomic E-state index is 12.0. The number of benzene rings is 1. The number of para-hydroxylation sites is 1. The number of amides is 1. The summed E-state index contributed by atoms with van der Waals surface area (Å²) in [6.45, 7) is 2.09. The highest BCUT2D eigenvalue weighted by atomic mass is 16.5. The van der Waals surface area contributed by atoms with Crippen molar-refractivity contribution >= 4 is 17.6 Å². The van der Waals surface area contributed by atoms with Crippen LogP contribution < -0.4 is 5.32 Å². The predicted molar refractivity (Wildman–Crippen MR) is 77.6 cm³/mol. The first-order chi connectivity index (χ1) is 9.70. The minimum atomic E-state index is -0.399. The quantitative estimate of drug-likeness (QED) is 0.838. The molecule has 0 spiro atoms. The minimum Gasteiger partial charge on any atom is -0.462 e. The molecule has 20 heavy (non-hydrogen) atoms. The smallest absolute Gasteiger partial charge is 0.340 e. The van der Waals surface area contributed by atoms with E-state index < -0.39 is 5.97 Å². The zero-order valence-corrected chi connectivity index (χ0v) is 11.9. The lowest BCUT2D eigenvalue weighted by atomic mass is 10.0. The van der Waals surface area contributed by atoms with Gasteiger partial charge in [0.1, 0.15) is 0 Å². The van der Waals surface area contributed by atoms with E-state index in [0.29, 0.717) is 30.2 Å². The summed E-state index contributed by atoms with van der Waals surface area (Å²) < 4.78 is 4.99. The first kappa shape index (κ1) is 14.6. The zero-order chi connectivity index (χ0) is 14.4. The van der Waals surface area contributed by atoms with Crippen LogP contribution in [-0.4, -0.2) is 18.5 Å². The van der Waals surface area contributed by atoms with Crippen LogP contribution in [0.4, 0.5) is 5.69 Å². The summed E-state index contributed by atoms with van der Waals surface area (Å²) in [5.41, 5.74) is 0.947. The molecule has 1 aliphatic carbocycles. The van der Waals surface area contributed by atoms with Crippen LogP contribution in [0.3, 0.4) is 0 Å². The van der Waals surface area contributed by atoms with Crippen LogP contribution in [0.2, 0.25) is 0 Å². The summed E-state index contributed by atoms with van der Waals surface area (Å²) >= 11 is 0. The topological polar surface area (TPSA) is 55.4 Å². The van der Waals surface area contributed by atoms with E-state index in [1.54, 1.807) is 31.2 Å². The van der Waals surface area contributed by atoms with Crippen molar-refractivity contribution in [2.45, 2.75) is 39.0 Å². The molecule has 1 amide bonds. The largest absolute Gasteiger partial charge is 0.462 e. The molecule has 0 radical (unpaired) electrons. The summed E-state index contributed by atoms with van der Waals surface area (Å²) in [6.07, 6.45) is 5.24. The lowest BCUT2D eigenvalue weighted by molar-refractivity contribution is -0.117. The van der Waals surface area contributed by atoms with Crippen molar-refractivity contribution in [1.82, 2.24) is 0 Å². The summed E-state index contributed by atoms with van der Waals surface area (Å²) in [6, 6.07) is 6.97. The Bertz CT molecular complexity index is 478. The summed E-state index contributed by atoms with van der Waals surface area (Å²) in [5, 5.41) is 2.84. The third-order valence-electron chi connectivity index (χ3n) is 3.65. The lowest BCUT2D eigenvalue weighted by Crippen LogP contribution is -2.17. The van der Waals surface area contributed by atoms with Crippen LogP contribution in [0, 0.1) is 5.92 Å². The highest BCUT2D eigenvalue weighted by Crippen LogP contribution is 2.28. The first-order valence-corrected chi connectivity index (χ1v) is 7.26. The van der Waals surface area contributed by atoms with Gasteiger partial charge in [0.2, 0.25) is 5.91 Å². The van der Waals surface area contributed by atoms with E-state index in [2.05, 4.69) is 5.32 Å². The Morgan fingerprint density at radius 1 is 1.25 bits per heavy atom. The number of esters is 1. The molecule has 0 heterocycles. The molecule has 1 fully saturated rings. The van der Waals surface area contributed by atoms with Gasteiger partial charge in [-0.05, 0) is 37.8 Å². The Morgan fingerprint density at radius 2 is 1.95 bits per heavy atom. The minimum absolute atomic E-state index is 0.0198. The summed E-state index contributed by atoms with van der Waals surface area (Å²) in [4.78, 5) is 23.9. The molecule has 1 aromatic rings. The standard InChI is InChI=1S/C16H21NO3/c1-2-20-16(19)13-9-5-6-10-14(13)17-15(18)11-12-7-3-4-8-12/h5-6,9-10,12H,2-4,7-8,11H2,1H3,(H,17,18). The fraction of sp³-hybridized carbons (Fsp3) is 0.500. The molecule has 0 aromatic heterocycles. The molecule has 1 saturated carbocycles. The highest BCUT2D eigenvalue weighted by Gasteiger charge is 2.20. The van der Waals surface area contributed by atoms with Gasteiger partial charge in [-0.3, -0.25) is 4.79 Å². The molecule has 0 saturated heterocycles. The van der Waals surface area contributed by atoms with E-state index in [1.807, 2.05) is 0 Å². The number of hydrogen-bond acceptors (Lipinski definition) is 3. The van der Waals surface area contributed by atoms with Gasteiger partial charge >= 0.3 is 5.97 Å². The Hall–Kier alpha value is -1.84. The van der Waals surface area contributed by atoms with Crippen molar-refractivity contribution in [3.63, 3.8) is 0 Å². The molecule has 0 aliphatic heterocycles. The first-order valence-electron chi connectivity index (χ1n) is 7.26. The van der Waals surface area contributed by atoms with Crippen LogP contribution in [0.1, 0.15) is 49.4 Å². The fourth-order valence-electron chi connectivity index (χ4n) is 2.66. The van der Waals surface area contributed by atoms with Crippen molar-refractivity contribution in [3.8, 4) is 0 Å². The molecule has 0 unspecified atom stereocenters. The van der Waals surface area contributed by atoms with Crippen LogP contribution in [0.25, 0.3) is 0 Å². The van der Waals surface area contributed by atoms with E-state index in [9.17, 15) is 9.59 Å². The van der Waals surface area contributed by atoms with E-state index in [-0.39, 0.29) is 5.91 Å². The van der Waals surface area contributed by atoms with Gasteiger partial charge in [-0.15, -0.1) is 0 Å². The SMILES string of the molecule is CCOC(=O)c1ccccc1NC(=O)CC1CCCC1. The van der Waals surface area contributed by atoms with Crippen molar-refractivity contribution < 1.29 is 14.3 Å². The molecule has 0 bridgehead atoms. The molecule has 1 aliphatic rings. The number of rotatable bonds is 5. The second-order valence-electron chi connectivity index (χ2n) is 5.17. The number of ether oxygens (including phenoxy) is 1. The van der Waals surface area contributed by atoms with Crippen molar-refractivity contribution in [2.24, 2.45) is 5.92 Å². The van der Waals surface area contributed by atoms with Crippen molar-refractivity contribution in [2.75, 3.05) is 11.9 Å². The normalized spacial score (nSPS) is 15.1. The molecule has 1 aromatic carbocycles. The lowest BCUT2D eigenvalue weighted by Gasteiger charge is -2.12. The number of carbonyl (C=O) groups excluding carboxylic acids is 2. The molecule has 1 N–H and O–H groups in total. The van der Waals surface area contributed by atoms with Gasteiger partial charge < -0.3 is 10.1 Å². The number of hydrogen-bond donors (Lipinski definition) is 1. The van der Waals surface area contributed by atoms with Crippen LogP contribution in [0.15, 0.2) is 24.3 Å². The molecule has 4 nitrogen and oxygen atoms in total. The Balaban J connectivity index is 2.00. The average Bonchev–Trinajstić information content (AvgIpc) is 2.92. The van der Waals surface area contributed by atoms with Gasteiger partial charge in [-0.25, -0.2) is 4.79 Å². The Labute approximate surface area is 119 Å². The van der Waals surface area contributed by atoms with Gasteiger partial charge in [0.25, 0.3) is 0 Å². The summed E-state index contributed by atoms with van der Waals surface area (Å²) in [7, 11) is 0. The van der Waals surface area contributed by atoms with Gasteiger partial charge in [0.15, 0.2) is 0 Å². The molecular weight excluding hydrogens is 254 g/mol. The number of nitrogens with one attached hydrogen (secondary N) is 1. The average molecular weight is 275 g/mol. The molecule has 4 heteroatoms. The third-order valence-corrected chi connectivity index (χ3v) is 3.65. The van der Waals surface area contributed by atoms with E-state index in [4.69, 9.17) is 4.74 Å². The third kappa shape index (κ3) is 3.83. The van der Waals surface area contributed by atoms with Crippen LogP contribution in [0.5, 0.6) is 0 Å². The fourth-order valence-corrected chi connectivity index (χ4v) is 2.66. The maximum atomic E-state index is 12.0. The highest BCUT2D eigenvalue weighted by molar-refractivity contribution is 6.01. The van der Waals surface area contributed by atoms with Gasteiger partial charge in [-0.2, -0.15) is 0 Å². The van der Waals surface area contributed by atoms with Gasteiger partial charge in [-0.1, -0.05) is 25.0 Å². The maximum Gasteiger partial charge on any atom is 0.340 e. The van der Waals surface area contributed by atoms with Gasteiger partial charge in [0.05, 0.1) is 17.9 Å². The molecule has 108 valence electrons. The predicted octanol–water partition coefficient (Wildman–Crippen LogP) is 3.38. The van der Waals surface area contributed by atoms with E-state index in [1.165, 1.54) is 12.8 Å². The zero-order valence-electron chi connectivity index (χ0n) is 11.9.